The molecular weight excluding hydrogens is 379 g/mol. The van der Waals surface area contributed by atoms with Crippen LogP contribution in [0.25, 0.3) is 0 Å². The largest absolute Gasteiger partial charge is 0.465 e. The number of anilines is 2. The topological polar surface area (TPSA) is 70.1 Å². The Morgan fingerprint density at radius 1 is 1.39 bits per heavy atom. The molecule has 1 N–H and O–H groups in total. The minimum atomic E-state index is -2.01. The maximum atomic E-state index is 14.5. The molecule has 0 spiro atoms. The number of hydrogen-bond acceptors (Lipinski definition) is 3. The van der Waals surface area contributed by atoms with Crippen LogP contribution in [0.4, 0.5) is 20.6 Å². The Morgan fingerprint density at radius 2 is 2.04 bits per heavy atom. The van der Waals surface area contributed by atoms with Crippen LogP contribution in [0.2, 0.25) is 18.1 Å². The zero-order valence-corrected chi connectivity index (χ0v) is 18.2. The van der Waals surface area contributed by atoms with E-state index in [4.69, 9.17) is 4.43 Å². The molecule has 1 aliphatic heterocycles. The first-order valence-corrected chi connectivity index (χ1v) is 12.2. The van der Waals surface area contributed by atoms with Crippen molar-refractivity contribution in [3.05, 3.63) is 36.2 Å². The Morgan fingerprint density at radius 3 is 2.57 bits per heavy atom. The van der Waals surface area contributed by atoms with Crippen molar-refractivity contribution in [1.82, 2.24) is 0 Å². The second-order valence-electron chi connectivity index (χ2n) is 8.41. The number of carboxylic acid groups (broad SMARTS) is 1. The van der Waals surface area contributed by atoms with Gasteiger partial charge in [-0.2, -0.15) is 0 Å². The van der Waals surface area contributed by atoms with Gasteiger partial charge < -0.3 is 14.4 Å². The molecular formula is C20H29FN2O4Si. The predicted molar refractivity (Wildman–Crippen MR) is 111 cm³/mol. The van der Waals surface area contributed by atoms with Crippen LogP contribution in [-0.2, 0) is 15.6 Å². The van der Waals surface area contributed by atoms with Crippen LogP contribution in [0.1, 0.15) is 26.3 Å². The summed E-state index contributed by atoms with van der Waals surface area (Å²) < 4.78 is 20.7. The molecule has 0 aromatic heterocycles. The first-order valence-electron chi connectivity index (χ1n) is 9.27. The van der Waals surface area contributed by atoms with Crippen molar-refractivity contribution in [2.75, 3.05) is 29.5 Å². The van der Waals surface area contributed by atoms with Gasteiger partial charge in [0, 0.05) is 12.1 Å². The van der Waals surface area contributed by atoms with Gasteiger partial charge in [0.25, 0.3) is 0 Å². The van der Waals surface area contributed by atoms with Gasteiger partial charge in [0.05, 0.1) is 18.0 Å². The van der Waals surface area contributed by atoms with E-state index in [0.29, 0.717) is 12.3 Å². The van der Waals surface area contributed by atoms with E-state index in [1.165, 1.54) is 23.1 Å². The fraction of sp³-hybridized carbons (Fsp3) is 0.500. The summed E-state index contributed by atoms with van der Waals surface area (Å²) in [6, 6.07) is 2.63. The molecule has 0 aliphatic carbocycles. The number of hydrogen-bond donors (Lipinski definition) is 1. The smallest absolute Gasteiger partial charge is 0.412 e. The summed E-state index contributed by atoms with van der Waals surface area (Å²) in [6.07, 6.45) is 0.477. The van der Waals surface area contributed by atoms with Crippen molar-refractivity contribution in [1.29, 1.82) is 0 Å². The number of fused-ring (bicyclic) bond motifs is 1. The Hall–Kier alpha value is -2.19. The van der Waals surface area contributed by atoms with E-state index >= 15 is 0 Å². The molecule has 0 bridgehead atoms. The maximum Gasteiger partial charge on any atom is 0.412 e. The number of carbonyl (C=O) groups excluding carboxylic acids is 1. The van der Waals surface area contributed by atoms with E-state index < -0.39 is 26.1 Å². The number of amides is 2. The van der Waals surface area contributed by atoms with Crippen molar-refractivity contribution in [2.24, 2.45) is 0 Å². The Balaban J connectivity index is 2.39. The Kier molecular flexibility index (Phi) is 6.35. The number of nitrogens with zero attached hydrogens (tertiary/aromatic N) is 2. The van der Waals surface area contributed by atoms with E-state index in [-0.39, 0.29) is 35.8 Å². The van der Waals surface area contributed by atoms with Crippen molar-refractivity contribution >= 4 is 31.7 Å². The minimum absolute atomic E-state index is 0.0248. The van der Waals surface area contributed by atoms with E-state index in [1.54, 1.807) is 0 Å². The Bertz CT molecular complexity index is 789. The van der Waals surface area contributed by atoms with Crippen LogP contribution < -0.4 is 9.80 Å². The summed E-state index contributed by atoms with van der Waals surface area (Å²) in [5.41, 5.74) is 0.856. The predicted octanol–water partition coefficient (Wildman–Crippen LogP) is 4.41. The maximum absolute atomic E-state index is 14.5. The standard InChI is InChI=1S/C20H29FN2O4Si/c1-7-8-14-15(21)9-10-16-18(14)22(17(24)13-23(16)19(25)26)11-12-27-28(5,6)20(2,3)4/h7,9-10H,1,8,11-13H2,2-6H3,(H,25,26). The molecule has 1 heterocycles. The molecule has 1 aromatic rings. The molecule has 0 saturated carbocycles. The van der Waals surface area contributed by atoms with Gasteiger partial charge in [-0.3, -0.25) is 9.69 Å². The van der Waals surface area contributed by atoms with E-state index in [9.17, 15) is 19.1 Å². The number of benzene rings is 1. The fourth-order valence-corrected chi connectivity index (χ4v) is 3.94. The van der Waals surface area contributed by atoms with E-state index in [1.807, 2.05) is 0 Å². The lowest BCUT2D eigenvalue weighted by atomic mass is 10.0. The Labute approximate surface area is 166 Å². The van der Waals surface area contributed by atoms with Gasteiger partial charge in [-0.15, -0.1) is 6.58 Å². The van der Waals surface area contributed by atoms with E-state index in [0.717, 1.165) is 4.90 Å². The van der Waals surface area contributed by atoms with Crippen LogP contribution >= 0.6 is 0 Å². The molecule has 154 valence electrons. The second-order valence-corrected chi connectivity index (χ2v) is 13.2. The highest BCUT2D eigenvalue weighted by atomic mass is 28.4. The molecule has 0 fully saturated rings. The van der Waals surface area contributed by atoms with Gasteiger partial charge in [0.2, 0.25) is 5.91 Å². The van der Waals surface area contributed by atoms with E-state index in [2.05, 4.69) is 40.4 Å². The molecule has 1 aliphatic rings. The van der Waals surface area contributed by atoms with Gasteiger partial charge >= 0.3 is 6.09 Å². The first-order chi connectivity index (χ1) is 12.9. The molecule has 0 atom stereocenters. The third-order valence-electron chi connectivity index (χ3n) is 5.52. The zero-order valence-electron chi connectivity index (χ0n) is 17.2. The van der Waals surface area contributed by atoms with Crippen LogP contribution in [0.3, 0.4) is 0 Å². The number of halogens is 1. The van der Waals surface area contributed by atoms with Gasteiger partial charge in [0.1, 0.15) is 12.4 Å². The van der Waals surface area contributed by atoms with Crippen LogP contribution in [0.15, 0.2) is 24.8 Å². The van der Waals surface area contributed by atoms with Gasteiger partial charge in [-0.1, -0.05) is 26.8 Å². The average Bonchev–Trinajstić information content (AvgIpc) is 2.57. The number of carbonyl (C=O) groups is 2. The zero-order chi connectivity index (χ0) is 21.3. The first kappa shape index (κ1) is 22.1. The minimum Gasteiger partial charge on any atom is -0.465 e. The SMILES string of the molecule is C=CCc1c(F)ccc2c1N(CCO[Si](C)(C)C(C)(C)C)C(=O)CN2C(=O)O. The summed E-state index contributed by atoms with van der Waals surface area (Å²) in [6.45, 7) is 14.5. The molecule has 0 saturated heterocycles. The molecule has 8 heteroatoms. The summed E-state index contributed by atoms with van der Waals surface area (Å²) in [5, 5.41) is 9.50. The molecule has 0 unspecified atom stereocenters. The summed E-state index contributed by atoms with van der Waals surface area (Å²) in [4.78, 5) is 26.7. The van der Waals surface area contributed by atoms with Crippen molar-refractivity contribution in [2.45, 2.75) is 45.3 Å². The van der Waals surface area contributed by atoms with Crippen LogP contribution in [-0.4, -0.2) is 45.1 Å². The third kappa shape index (κ3) is 4.28. The number of rotatable bonds is 6. The lowest BCUT2D eigenvalue weighted by Crippen LogP contribution is -2.50. The lowest BCUT2D eigenvalue weighted by Gasteiger charge is -2.39. The number of allylic oxidation sites excluding steroid dienone is 1. The average molecular weight is 409 g/mol. The van der Waals surface area contributed by atoms with Crippen LogP contribution in [0, 0.1) is 5.82 Å². The lowest BCUT2D eigenvalue weighted by molar-refractivity contribution is -0.117. The summed E-state index contributed by atoms with van der Waals surface area (Å²) >= 11 is 0. The highest BCUT2D eigenvalue weighted by Crippen LogP contribution is 2.39. The second kappa shape index (κ2) is 8.04. The molecule has 0 radical (unpaired) electrons. The highest BCUT2D eigenvalue weighted by molar-refractivity contribution is 6.74. The monoisotopic (exact) mass is 408 g/mol. The fourth-order valence-electron chi connectivity index (χ4n) is 2.90. The van der Waals surface area contributed by atoms with Crippen LogP contribution in [0.5, 0.6) is 0 Å². The van der Waals surface area contributed by atoms with Gasteiger partial charge in [0.15, 0.2) is 8.32 Å². The third-order valence-corrected chi connectivity index (χ3v) is 10.1. The molecule has 2 amide bonds. The quantitative estimate of drug-likeness (QED) is 0.559. The van der Waals surface area contributed by atoms with Crippen molar-refractivity contribution in [3.8, 4) is 0 Å². The molecule has 1 aromatic carbocycles. The normalized spacial score (nSPS) is 14.9. The van der Waals surface area contributed by atoms with Gasteiger partial charge in [-0.05, 0) is 36.7 Å². The van der Waals surface area contributed by atoms with Crippen molar-refractivity contribution in [3.63, 3.8) is 0 Å². The summed E-state index contributed by atoms with van der Waals surface area (Å²) in [5.74, 6) is -0.890. The highest BCUT2D eigenvalue weighted by Gasteiger charge is 2.38. The summed E-state index contributed by atoms with van der Waals surface area (Å²) in [7, 11) is -2.01. The van der Waals surface area contributed by atoms with Gasteiger partial charge in [-0.25, -0.2) is 9.18 Å². The molecule has 6 nitrogen and oxygen atoms in total. The molecule has 28 heavy (non-hydrogen) atoms. The molecule has 2 rings (SSSR count). The van der Waals surface area contributed by atoms with Crippen molar-refractivity contribution < 1.29 is 23.5 Å².